The second kappa shape index (κ2) is 15.0. The van der Waals surface area contributed by atoms with E-state index in [9.17, 15) is 9.59 Å². The number of benzene rings is 1. The number of carbonyl (C=O) groups is 2. The first kappa shape index (κ1) is 22.9. The summed E-state index contributed by atoms with van der Waals surface area (Å²) >= 11 is 0. The zero-order chi connectivity index (χ0) is 19.7. The van der Waals surface area contributed by atoms with Crippen LogP contribution in [0.3, 0.4) is 0 Å². The summed E-state index contributed by atoms with van der Waals surface area (Å²) in [7, 11) is 0. The molecule has 1 rings (SSSR count). The van der Waals surface area contributed by atoms with Crippen molar-refractivity contribution in [2.45, 2.75) is 77.6 Å². The van der Waals surface area contributed by atoms with E-state index in [2.05, 4.69) is 24.4 Å². The molecule has 0 bridgehead atoms. The van der Waals surface area contributed by atoms with Crippen molar-refractivity contribution in [2.24, 2.45) is 0 Å². The number of allylic oxidation sites excluding steroid dienone is 2. The van der Waals surface area contributed by atoms with Crippen LogP contribution in [0.15, 0.2) is 36.4 Å². The predicted octanol–water partition coefficient (Wildman–Crippen LogP) is 6.23. The number of carboxylic acid groups (broad SMARTS) is 1. The number of aliphatic carboxylic acids is 1. The minimum atomic E-state index is -1.10. The van der Waals surface area contributed by atoms with Crippen LogP contribution in [0.2, 0.25) is 0 Å². The Balaban J connectivity index is 2.15. The molecule has 0 radical (unpaired) electrons. The van der Waals surface area contributed by atoms with Gasteiger partial charge < -0.3 is 10.4 Å². The van der Waals surface area contributed by atoms with E-state index in [0.29, 0.717) is 5.56 Å². The highest BCUT2D eigenvalue weighted by molar-refractivity contribution is 6.08. The number of hydrogen-bond acceptors (Lipinski definition) is 3. The molecule has 0 saturated carbocycles. The summed E-state index contributed by atoms with van der Waals surface area (Å²) in [4.78, 5) is 22.7. The Morgan fingerprint density at radius 3 is 2.26 bits per heavy atom. The van der Waals surface area contributed by atoms with Crippen molar-refractivity contribution in [1.82, 2.24) is 0 Å². The monoisotopic (exact) mass is 373 g/mol. The molecule has 0 aliphatic rings. The van der Waals surface area contributed by atoms with Gasteiger partial charge in [0.25, 0.3) is 0 Å². The van der Waals surface area contributed by atoms with Gasteiger partial charge in [-0.25, -0.2) is 0 Å². The molecular weight excluding hydrogens is 338 g/mol. The topological polar surface area (TPSA) is 66.4 Å². The van der Waals surface area contributed by atoms with Crippen LogP contribution >= 0.6 is 0 Å². The van der Waals surface area contributed by atoms with Crippen molar-refractivity contribution in [3.05, 3.63) is 42.0 Å². The highest BCUT2D eigenvalue weighted by Crippen LogP contribution is 2.17. The third-order valence-corrected chi connectivity index (χ3v) is 4.54. The summed E-state index contributed by atoms with van der Waals surface area (Å²) in [6, 6.07) is 7.11. The summed E-state index contributed by atoms with van der Waals surface area (Å²) in [5.41, 5.74) is 1.17. The molecule has 150 valence electrons. The SMILES string of the molecule is CCCCCCCCCC=CCCCNc1ccccc1C(=O)CC(=O)O. The smallest absolute Gasteiger partial charge is 0.311 e. The Morgan fingerprint density at radius 2 is 1.56 bits per heavy atom. The van der Waals surface area contributed by atoms with Crippen LogP contribution in [0.25, 0.3) is 0 Å². The van der Waals surface area contributed by atoms with Crippen LogP contribution in [0.1, 0.15) is 87.9 Å². The van der Waals surface area contributed by atoms with E-state index in [-0.39, 0.29) is 5.78 Å². The van der Waals surface area contributed by atoms with Gasteiger partial charge in [0, 0.05) is 17.8 Å². The molecule has 0 atom stereocenters. The lowest BCUT2D eigenvalue weighted by molar-refractivity contribution is -0.135. The molecule has 1 aromatic carbocycles. The van der Waals surface area contributed by atoms with E-state index in [1.807, 2.05) is 12.1 Å². The van der Waals surface area contributed by atoms with Crippen molar-refractivity contribution < 1.29 is 14.7 Å². The number of unbranched alkanes of at least 4 members (excludes halogenated alkanes) is 8. The molecule has 0 fully saturated rings. The fraction of sp³-hybridized carbons (Fsp3) is 0.565. The molecule has 2 N–H and O–H groups in total. The quantitative estimate of drug-likeness (QED) is 0.156. The van der Waals surface area contributed by atoms with Crippen molar-refractivity contribution >= 4 is 17.4 Å². The maximum absolute atomic E-state index is 12.0. The average molecular weight is 374 g/mol. The van der Waals surface area contributed by atoms with E-state index in [4.69, 9.17) is 5.11 Å². The van der Waals surface area contributed by atoms with Crippen LogP contribution in [0.4, 0.5) is 5.69 Å². The highest BCUT2D eigenvalue weighted by atomic mass is 16.4. The zero-order valence-corrected chi connectivity index (χ0v) is 16.7. The molecular formula is C23H35NO3. The van der Waals surface area contributed by atoms with E-state index in [1.54, 1.807) is 12.1 Å². The van der Waals surface area contributed by atoms with Crippen LogP contribution < -0.4 is 5.32 Å². The summed E-state index contributed by atoms with van der Waals surface area (Å²) in [5.74, 6) is -1.46. The average Bonchev–Trinajstić information content (AvgIpc) is 2.65. The maximum Gasteiger partial charge on any atom is 0.311 e. The van der Waals surface area contributed by atoms with Gasteiger partial charge in [0.15, 0.2) is 5.78 Å². The summed E-state index contributed by atoms with van der Waals surface area (Å²) in [5, 5.41) is 12.0. The largest absolute Gasteiger partial charge is 0.481 e. The zero-order valence-electron chi connectivity index (χ0n) is 16.7. The molecule has 0 heterocycles. The Labute approximate surface area is 164 Å². The second-order valence-electron chi connectivity index (χ2n) is 6.99. The molecule has 0 saturated heterocycles. The number of ketones is 1. The number of para-hydroxylation sites is 1. The fourth-order valence-electron chi connectivity index (χ4n) is 3.01. The van der Waals surface area contributed by atoms with E-state index in [0.717, 1.165) is 31.5 Å². The minimum Gasteiger partial charge on any atom is -0.481 e. The van der Waals surface area contributed by atoms with Gasteiger partial charge in [-0.05, 0) is 37.8 Å². The lowest BCUT2D eigenvalue weighted by Crippen LogP contribution is -2.11. The normalized spacial score (nSPS) is 11.0. The molecule has 4 heteroatoms. The van der Waals surface area contributed by atoms with E-state index in [1.165, 1.54) is 44.9 Å². The first-order chi connectivity index (χ1) is 13.1. The van der Waals surface area contributed by atoms with Gasteiger partial charge in [0.2, 0.25) is 0 Å². The van der Waals surface area contributed by atoms with Gasteiger partial charge in [-0.2, -0.15) is 0 Å². The third kappa shape index (κ3) is 11.3. The number of anilines is 1. The lowest BCUT2D eigenvalue weighted by atomic mass is 10.1. The van der Waals surface area contributed by atoms with Crippen LogP contribution in [-0.4, -0.2) is 23.4 Å². The Morgan fingerprint density at radius 1 is 0.926 bits per heavy atom. The molecule has 1 aromatic rings. The van der Waals surface area contributed by atoms with Crippen molar-refractivity contribution in [3.8, 4) is 0 Å². The molecule has 27 heavy (non-hydrogen) atoms. The highest BCUT2D eigenvalue weighted by Gasteiger charge is 2.13. The fourth-order valence-corrected chi connectivity index (χ4v) is 3.01. The van der Waals surface area contributed by atoms with Gasteiger partial charge in [0.1, 0.15) is 6.42 Å². The number of rotatable bonds is 16. The number of carbonyl (C=O) groups excluding carboxylic acids is 1. The molecule has 0 spiro atoms. The van der Waals surface area contributed by atoms with Gasteiger partial charge >= 0.3 is 5.97 Å². The summed E-state index contributed by atoms with van der Waals surface area (Å²) < 4.78 is 0. The van der Waals surface area contributed by atoms with Crippen molar-refractivity contribution in [3.63, 3.8) is 0 Å². The predicted molar refractivity (Wildman–Crippen MR) is 112 cm³/mol. The maximum atomic E-state index is 12.0. The minimum absolute atomic E-state index is 0.361. The number of hydrogen-bond donors (Lipinski definition) is 2. The first-order valence-corrected chi connectivity index (χ1v) is 10.4. The molecule has 0 amide bonds. The van der Waals surface area contributed by atoms with Crippen LogP contribution in [0, 0.1) is 0 Å². The summed E-state index contributed by atoms with van der Waals surface area (Å²) in [6.45, 7) is 3.01. The molecule has 0 aromatic heterocycles. The standard InChI is InChI=1S/C23H35NO3/c1-2-3-4-5-6-7-8-9-10-11-12-15-18-24-21-17-14-13-16-20(21)22(25)19-23(26)27/h10-11,13-14,16-17,24H,2-9,12,15,18-19H2,1H3,(H,26,27). The Hall–Kier alpha value is -2.10. The van der Waals surface area contributed by atoms with Gasteiger partial charge in [-0.1, -0.05) is 69.7 Å². The number of Topliss-reactive ketones (excluding diaryl/α,β-unsaturated/α-hetero) is 1. The molecule has 0 unspecified atom stereocenters. The van der Waals surface area contributed by atoms with Gasteiger partial charge in [0.05, 0.1) is 0 Å². The lowest BCUT2D eigenvalue weighted by Gasteiger charge is -2.10. The van der Waals surface area contributed by atoms with Crippen LogP contribution in [-0.2, 0) is 4.79 Å². The van der Waals surface area contributed by atoms with E-state index >= 15 is 0 Å². The van der Waals surface area contributed by atoms with Gasteiger partial charge in [-0.3, -0.25) is 9.59 Å². The number of carboxylic acids is 1. The Kier molecular flexibility index (Phi) is 12.7. The number of nitrogens with one attached hydrogen (secondary N) is 1. The van der Waals surface area contributed by atoms with Crippen molar-refractivity contribution in [1.29, 1.82) is 0 Å². The van der Waals surface area contributed by atoms with Crippen molar-refractivity contribution in [2.75, 3.05) is 11.9 Å². The van der Waals surface area contributed by atoms with Crippen LogP contribution in [0.5, 0.6) is 0 Å². The first-order valence-electron chi connectivity index (χ1n) is 10.4. The van der Waals surface area contributed by atoms with E-state index < -0.39 is 12.4 Å². The molecule has 0 aliphatic heterocycles. The third-order valence-electron chi connectivity index (χ3n) is 4.54. The molecule has 0 aliphatic carbocycles. The van der Waals surface area contributed by atoms with Gasteiger partial charge in [-0.15, -0.1) is 0 Å². The second-order valence-corrected chi connectivity index (χ2v) is 6.99. The Bertz CT molecular complexity index is 581. The molecule has 4 nitrogen and oxygen atoms in total. The summed E-state index contributed by atoms with van der Waals surface area (Å²) in [6.07, 6.45) is 16.6.